The van der Waals surface area contributed by atoms with Crippen LogP contribution in [-0.4, -0.2) is 13.1 Å². The Labute approximate surface area is 114 Å². The largest absolute Gasteiger partial charge is 0.370 e. The fourth-order valence-electron chi connectivity index (χ4n) is 2.09. The minimum atomic E-state index is -0.239. The molecule has 0 amide bonds. The lowest BCUT2D eigenvalue weighted by atomic mass is 10.0. The summed E-state index contributed by atoms with van der Waals surface area (Å²) in [6, 6.07) is 5.32. The van der Waals surface area contributed by atoms with E-state index in [9.17, 15) is 4.39 Å². The van der Waals surface area contributed by atoms with Crippen molar-refractivity contribution in [1.29, 1.82) is 5.26 Å². The zero-order chi connectivity index (χ0) is 14.6. The molecule has 0 saturated carbocycles. The van der Waals surface area contributed by atoms with Gasteiger partial charge in [-0.15, -0.1) is 0 Å². The van der Waals surface area contributed by atoms with E-state index in [0.29, 0.717) is 12.1 Å². The number of benzene rings is 1. The number of nitrogens with zero attached hydrogens (tertiary/aromatic N) is 2. The third-order valence-corrected chi connectivity index (χ3v) is 3.24. The molecule has 0 aromatic heterocycles. The maximum absolute atomic E-state index is 13.7. The number of hydrogen-bond donors (Lipinski definition) is 1. The van der Waals surface area contributed by atoms with E-state index in [1.165, 1.54) is 6.07 Å². The molecule has 0 radical (unpaired) electrons. The van der Waals surface area contributed by atoms with Crippen molar-refractivity contribution in [2.75, 3.05) is 18.0 Å². The van der Waals surface area contributed by atoms with Crippen LogP contribution >= 0.6 is 0 Å². The van der Waals surface area contributed by atoms with E-state index in [0.717, 1.165) is 17.8 Å². The SMILES string of the molecule is CCN(CC(C)C#N)c1cc(C)c(F)cc1C(C)N. The lowest BCUT2D eigenvalue weighted by Gasteiger charge is -2.28. The minimum Gasteiger partial charge on any atom is -0.370 e. The lowest BCUT2D eigenvalue weighted by molar-refractivity contribution is 0.610. The summed E-state index contributed by atoms with van der Waals surface area (Å²) in [5, 5.41) is 8.94. The number of rotatable bonds is 5. The first-order valence-electron chi connectivity index (χ1n) is 6.60. The van der Waals surface area contributed by atoms with Gasteiger partial charge < -0.3 is 10.6 Å². The molecule has 0 bridgehead atoms. The Hall–Kier alpha value is -1.60. The topological polar surface area (TPSA) is 53.0 Å². The van der Waals surface area contributed by atoms with Gasteiger partial charge in [0.25, 0.3) is 0 Å². The molecule has 0 fully saturated rings. The number of halogens is 1. The van der Waals surface area contributed by atoms with Crippen molar-refractivity contribution in [3.8, 4) is 6.07 Å². The van der Waals surface area contributed by atoms with E-state index in [1.807, 2.05) is 26.8 Å². The van der Waals surface area contributed by atoms with Crippen LogP contribution in [0.1, 0.15) is 37.9 Å². The van der Waals surface area contributed by atoms with Crippen LogP contribution in [0.3, 0.4) is 0 Å². The second kappa shape index (κ2) is 6.53. The van der Waals surface area contributed by atoms with Gasteiger partial charge in [-0.1, -0.05) is 0 Å². The molecule has 1 aromatic rings. The van der Waals surface area contributed by atoms with Crippen molar-refractivity contribution >= 4 is 5.69 Å². The predicted octanol–water partition coefficient (Wildman–Crippen LogP) is 3.14. The summed E-state index contributed by atoms with van der Waals surface area (Å²) in [6.45, 7) is 8.87. The molecule has 0 saturated heterocycles. The molecular formula is C15H22FN3. The Morgan fingerprint density at radius 1 is 1.42 bits per heavy atom. The normalized spacial score (nSPS) is 13.7. The zero-order valence-corrected chi connectivity index (χ0v) is 12.1. The van der Waals surface area contributed by atoms with Gasteiger partial charge >= 0.3 is 0 Å². The molecule has 1 rings (SSSR count). The monoisotopic (exact) mass is 263 g/mol. The van der Waals surface area contributed by atoms with Crippen LogP contribution in [0.2, 0.25) is 0 Å². The summed E-state index contributed by atoms with van der Waals surface area (Å²) >= 11 is 0. The molecule has 2 unspecified atom stereocenters. The third kappa shape index (κ3) is 3.68. The van der Waals surface area contributed by atoms with Crippen molar-refractivity contribution in [1.82, 2.24) is 0 Å². The van der Waals surface area contributed by atoms with Crippen molar-refractivity contribution < 1.29 is 4.39 Å². The van der Waals surface area contributed by atoms with Crippen LogP contribution in [0.25, 0.3) is 0 Å². The minimum absolute atomic E-state index is 0.0776. The average Bonchev–Trinajstić information content (AvgIpc) is 2.38. The molecule has 0 spiro atoms. The molecular weight excluding hydrogens is 241 g/mol. The Balaban J connectivity index is 3.22. The van der Waals surface area contributed by atoms with Gasteiger partial charge in [-0.3, -0.25) is 0 Å². The van der Waals surface area contributed by atoms with Gasteiger partial charge in [0.15, 0.2) is 0 Å². The summed E-state index contributed by atoms with van der Waals surface area (Å²) in [5.74, 6) is -0.313. The van der Waals surface area contributed by atoms with Gasteiger partial charge in [-0.05, 0) is 51.0 Å². The smallest absolute Gasteiger partial charge is 0.126 e. The summed E-state index contributed by atoms with van der Waals surface area (Å²) < 4.78 is 13.7. The second-order valence-electron chi connectivity index (χ2n) is 5.02. The summed E-state index contributed by atoms with van der Waals surface area (Å²) in [4.78, 5) is 2.08. The van der Waals surface area contributed by atoms with Crippen LogP contribution < -0.4 is 10.6 Å². The Morgan fingerprint density at radius 2 is 2.05 bits per heavy atom. The molecule has 0 aliphatic heterocycles. The Bertz CT molecular complexity index is 477. The predicted molar refractivity (Wildman–Crippen MR) is 76.4 cm³/mol. The van der Waals surface area contributed by atoms with Crippen LogP contribution in [0, 0.1) is 30.0 Å². The fraction of sp³-hybridized carbons (Fsp3) is 0.533. The maximum Gasteiger partial charge on any atom is 0.126 e. The number of anilines is 1. The highest BCUT2D eigenvalue weighted by atomic mass is 19.1. The van der Waals surface area contributed by atoms with Gasteiger partial charge in [0, 0.05) is 24.8 Å². The summed E-state index contributed by atoms with van der Waals surface area (Å²) in [6.07, 6.45) is 0. The van der Waals surface area contributed by atoms with Gasteiger partial charge in [-0.25, -0.2) is 4.39 Å². The molecule has 0 heterocycles. The molecule has 4 heteroatoms. The molecule has 0 aliphatic carbocycles. The highest BCUT2D eigenvalue weighted by molar-refractivity contribution is 5.57. The number of aryl methyl sites for hydroxylation is 1. The van der Waals surface area contributed by atoms with Crippen molar-refractivity contribution in [3.63, 3.8) is 0 Å². The second-order valence-corrected chi connectivity index (χ2v) is 5.02. The average molecular weight is 263 g/mol. The van der Waals surface area contributed by atoms with Crippen LogP contribution in [0.4, 0.5) is 10.1 Å². The highest BCUT2D eigenvalue weighted by Crippen LogP contribution is 2.28. The first kappa shape index (κ1) is 15.5. The fourth-order valence-corrected chi connectivity index (χ4v) is 2.09. The molecule has 19 heavy (non-hydrogen) atoms. The maximum atomic E-state index is 13.7. The Kier molecular flexibility index (Phi) is 5.31. The number of hydrogen-bond acceptors (Lipinski definition) is 3. The molecule has 3 nitrogen and oxygen atoms in total. The van der Waals surface area contributed by atoms with Gasteiger partial charge in [0.05, 0.1) is 12.0 Å². The van der Waals surface area contributed by atoms with E-state index >= 15 is 0 Å². The van der Waals surface area contributed by atoms with Crippen LogP contribution in [0.5, 0.6) is 0 Å². The van der Waals surface area contributed by atoms with Crippen molar-refractivity contribution in [3.05, 3.63) is 29.1 Å². The van der Waals surface area contributed by atoms with Gasteiger partial charge in [0.2, 0.25) is 0 Å². The molecule has 0 aliphatic rings. The van der Waals surface area contributed by atoms with Crippen molar-refractivity contribution in [2.24, 2.45) is 11.7 Å². The zero-order valence-electron chi connectivity index (χ0n) is 12.1. The molecule has 104 valence electrons. The lowest BCUT2D eigenvalue weighted by Crippen LogP contribution is -2.29. The first-order valence-corrected chi connectivity index (χ1v) is 6.60. The number of nitriles is 1. The van der Waals surface area contributed by atoms with Gasteiger partial charge in [-0.2, -0.15) is 5.26 Å². The molecule has 2 N–H and O–H groups in total. The van der Waals surface area contributed by atoms with Crippen molar-refractivity contribution in [2.45, 2.75) is 33.7 Å². The third-order valence-electron chi connectivity index (χ3n) is 3.24. The van der Waals surface area contributed by atoms with E-state index in [2.05, 4.69) is 11.0 Å². The quantitative estimate of drug-likeness (QED) is 0.888. The van der Waals surface area contributed by atoms with Crippen LogP contribution in [0.15, 0.2) is 12.1 Å². The first-order chi connectivity index (χ1) is 8.90. The van der Waals surface area contributed by atoms with E-state index < -0.39 is 0 Å². The summed E-state index contributed by atoms with van der Waals surface area (Å²) in [7, 11) is 0. The highest BCUT2D eigenvalue weighted by Gasteiger charge is 2.17. The van der Waals surface area contributed by atoms with E-state index in [1.54, 1.807) is 6.92 Å². The summed E-state index contributed by atoms with van der Waals surface area (Å²) in [5.41, 5.74) is 8.25. The Morgan fingerprint density at radius 3 is 2.53 bits per heavy atom. The molecule has 2 atom stereocenters. The standard InChI is InChI=1S/C15H22FN3/c1-5-19(9-10(2)8-17)15-6-11(3)14(16)7-13(15)12(4)18/h6-7,10,12H,5,9,18H2,1-4H3. The van der Waals surface area contributed by atoms with E-state index in [4.69, 9.17) is 11.0 Å². The molecule has 1 aromatic carbocycles. The van der Waals surface area contributed by atoms with Gasteiger partial charge in [0.1, 0.15) is 5.82 Å². The van der Waals surface area contributed by atoms with E-state index in [-0.39, 0.29) is 17.8 Å². The van der Waals surface area contributed by atoms with Crippen LogP contribution in [-0.2, 0) is 0 Å². The number of nitrogens with two attached hydrogens (primary N) is 1.